The molecule has 0 saturated heterocycles. The molecule has 0 aromatic carbocycles. The number of likely N-dealkylation sites (N-methyl/N-ethyl adjacent to an activating group) is 2. The van der Waals surface area contributed by atoms with Gasteiger partial charge in [-0.25, -0.2) is 0 Å². The van der Waals surface area contributed by atoms with Crippen LogP contribution in [-0.4, -0.2) is 63.5 Å². The normalized spacial score (nSPS) is 10.9. The Balaban J connectivity index is 3.40. The van der Waals surface area contributed by atoms with Crippen molar-refractivity contribution in [2.75, 3.05) is 47.8 Å². The molecule has 0 spiro atoms. The molecule has 0 heterocycles. The molecule has 78 valence electrons. The van der Waals surface area contributed by atoms with E-state index in [-0.39, 0.29) is 5.91 Å². The van der Waals surface area contributed by atoms with Gasteiger partial charge in [0.2, 0.25) is 5.91 Å². The molecule has 0 rings (SSSR count). The van der Waals surface area contributed by atoms with E-state index in [2.05, 4.69) is 15.1 Å². The molecule has 1 amide bonds. The lowest BCUT2D eigenvalue weighted by atomic mass is 10.3. The second kappa shape index (κ2) is 6.86. The topological polar surface area (TPSA) is 35.6 Å². The van der Waals surface area contributed by atoms with Gasteiger partial charge in [0.05, 0.1) is 0 Å². The van der Waals surface area contributed by atoms with Crippen LogP contribution in [0.4, 0.5) is 0 Å². The van der Waals surface area contributed by atoms with Gasteiger partial charge < -0.3 is 15.1 Å². The van der Waals surface area contributed by atoms with E-state index in [0.29, 0.717) is 6.42 Å². The van der Waals surface area contributed by atoms with Crippen molar-refractivity contribution in [1.29, 1.82) is 0 Å². The average molecular weight is 187 g/mol. The third-order valence-electron chi connectivity index (χ3n) is 1.93. The van der Waals surface area contributed by atoms with Crippen LogP contribution < -0.4 is 5.32 Å². The monoisotopic (exact) mass is 187 g/mol. The number of rotatable bonds is 6. The lowest BCUT2D eigenvalue weighted by molar-refractivity contribution is -0.120. The summed E-state index contributed by atoms with van der Waals surface area (Å²) in [6, 6.07) is 0. The van der Waals surface area contributed by atoms with Crippen molar-refractivity contribution >= 4 is 5.91 Å². The summed E-state index contributed by atoms with van der Waals surface area (Å²) >= 11 is 0. The number of hydrogen-bond acceptors (Lipinski definition) is 3. The van der Waals surface area contributed by atoms with Gasteiger partial charge >= 0.3 is 0 Å². The predicted octanol–water partition coefficient (Wildman–Crippen LogP) is -0.384. The first kappa shape index (κ1) is 12.4. The van der Waals surface area contributed by atoms with E-state index in [1.807, 2.05) is 21.1 Å². The van der Waals surface area contributed by atoms with Crippen LogP contribution in [0.25, 0.3) is 0 Å². The molecule has 0 saturated carbocycles. The summed E-state index contributed by atoms with van der Waals surface area (Å²) in [6.07, 6.45) is 0.584. The Morgan fingerprint density at radius 2 is 1.77 bits per heavy atom. The van der Waals surface area contributed by atoms with Crippen LogP contribution in [0.1, 0.15) is 6.42 Å². The van der Waals surface area contributed by atoms with Crippen LogP contribution in [0, 0.1) is 0 Å². The minimum absolute atomic E-state index is 0.108. The van der Waals surface area contributed by atoms with E-state index in [1.54, 1.807) is 7.05 Å². The minimum Gasteiger partial charge on any atom is -0.359 e. The number of nitrogens with zero attached hydrogens (tertiary/aromatic N) is 2. The van der Waals surface area contributed by atoms with Crippen LogP contribution in [-0.2, 0) is 4.79 Å². The molecule has 0 atom stereocenters. The van der Waals surface area contributed by atoms with E-state index in [1.165, 1.54) is 0 Å². The van der Waals surface area contributed by atoms with E-state index >= 15 is 0 Å². The summed E-state index contributed by atoms with van der Waals surface area (Å²) in [6.45, 7) is 2.86. The zero-order chi connectivity index (χ0) is 10.3. The fraction of sp³-hybridized carbons (Fsp3) is 0.889. The number of amides is 1. The van der Waals surface area contributed by atoms with Gasteiger partial charge in [0.1, 0.15) is 0 Å². The quantitative estimate of drug-likeness (QED) is 0.615. The Hall–Kier alpha value is -0.610. The Labute approximate surface area is 80.9 Å². The molecule has 0 aliphatic carbocycles. The first-order valence-electron chi connectivity index (χ1n) is 4.60. The van der Waals surface area contributed by atoms with Gasteiger partial charge in [-0.3, -0.25) is 4.79 Å². The summed E-state index contributed by atoms with van der Waals surface area (Å²) in [7, 11) is 7.80. The average Bonchev–Trinajstić information content (AvgIpc) is 2.10. The van der Waals surface area contributed by atoms with Gasteiger partial charge in [-0.05, 0) is 21.1 Å². The Kier molecular flexibility index (Phi) is 6.54. The molecule has 0 radical (unpaired) electrons. The van der Waals surface area contributed by atoms with E-state index in [4.69, 9.17) is 0 Å². The summed E-state index contributed by atoms with van der Waals surface area (Å²) in [5.74, 6) is 0.108. The van der Waals surface area contributed by atoms with Crippen molar-refractivity contribution in [3.05, 3.63) is 0 Å². The lowest BCUT2D eigenvalue weighted by Crippen LogP contribution is -2.31. The Bertz CT molecular complexity index is 148. The van der Waals surface area contributed by atoms with Crippen LogP contribution in [0.2, 0.25) is 0 Å². The van der Waals surface area contributed by atoms with Gasteiger partial charge in [0.15, 0.2) is 0 Å². The second-order valence-corrected chi connectivity index (χ2v) is 3.53. The van der Waals surface area contributed by atoms with Crippen LogP contribution in [0.5, 0.6) is 0 Å². The second-order valence-electron chi connectivity index (χ2n) is 3.53. The number of carbonyl (C=O) groups is 1. The third-order valence-corrected chi connectivity index (χ3v) is 1.93. The van der Waals surface area contributed by atoms with Gasteiger partial charge in [0, 0.05) is 33.1 Å². The Morgan fingerprint density at radius 3 is 2.23 bits per heavy atom. The first-order chi connectivity index (χ1) is 6.06. The molecule has 0 unspecified atom stereocenters. The van der Waals surface area contributed by atoms with Crippen LogP contribution >= 0.6 is 0 Å². The van der Waals surface area contributed by atoms with E-state index in [0.717, 1.165) is 19.6 Å². The molecule has 0 bridgehead atoms. The molecule has 4 nitrogen and oxygen atoms in total. The number of carbonyl (C=O) groups excluding carboxylic acids is 1. The molecule has 1 N–H and O–H groups in total. The maximum absolute atomic E-state index is 10.9. The van der Waals surface area contributed by atoms with Gasteiger partial charge in [-0.2, -0.15) is 0 Å². The highest BCUT2D eigenvalue weighted by molar-refractivity contribution is 5.75. The lowest BCUT2D eigenvalue weighted by Gasteiger charge is -2.18. The smallest absolute Gasteiger partial charge is 0.221 e. The maximum Gasteiger partial charge on any atom is 0.221 e. The fourth-order valence-electron chi connectivity index (χ4n) is 0.900. The van der Waals surface area contributed by atoms with E-state index < -0.39 is 0 Å². The molecule has 13 heavy (non-hydrogen) atoms. The highest BCUT2D eigenvalue weighted by Gasteiger charge is 2.02. The molecule has 0 aromatic heterocycles. The summed E-state index contributed by atoms with van der Waals surface area (Å²) < 4.78 is 0. The SMILES string of the molecule is CNC(=O)CCN(C)CCN(C)C. The minimum atomic E-state index is 0.108. The van der Waals surface area contributed by atoms with Crippen LogP contribution in [0.3, 0.4) is 0 Å². The molecule has 0 aliphatic rings. The van der Waals surface area contributed by atoms with Crippen molar-refractivity contribution < 1.29 is 4.79 Å². The van der Waals surface area contributed by atoms with Crippen molar-refractivity contribution in [2.24, 2.45) is 0 Å². The first-order valence-corrected chi connectivity index (χ1v) is 4.60. The molecule has 0 aliphatic heterocycles. The molecule has 4 heteroatoms. The summed E-state index contributed by atoms with van der Waals surface area (Å²) in [4.78, 5) is 15.2. The highest BCUT2D eigenvalue weighted by atomic mass is 16.1. The third kappa shape index (κ3) is 7.74. The Morgan fingerprint density at radius 1 is 1.15 bits per heavy atom. The standard InChI is InChI=1S/C9H21N3O/c1-10-9(13)5-6-12(4)8-7-11(2)3/h5-8H2,1-4H3,(H,10,13). The number of hydrogen-bond donors (Lipinski definition) is 1. The maximum atomic E-state index is 10.9. The fourth-order valence-corrected chi connectivity index (χ4v) is 0.900. The predicted molar refractivity (Wildman–Crippen MR) is 54.7 cm³/mol. The number of nitrogens with one attached hydrogen (secondary N) is 1. The largest absolute Gasteiger partial charge is 0.359 e. The van der Waals surface area contributed by atoms with Gasteiger partial charge in [-0.1, -0.05) is 0 Å². The van der Waals surface area contributed by atoms with Crippen LogP contribution in [0.15, 0.2) is 0 Å². The zero-order valence-electron chi connectivity index (χ0n) is 9.13. The van der Waals surface area contributed by atoms with Crippen molar-refractivity contribution in [3.63, 3.8) is 0 Å². The molecule has 0 aromatic rings. The summed E-state index contributed by atoms with van der Waals surface area (Å²) in [5, 5.41) is 2.61. The zero-order valence-corrected chi connectivity index (χ0v) is 9.13. The van der Waals surface area contributed by atoms with Gasteiger partial charge in [0.25, 0.3) is 0 Å². The highest BCUT2D eigenvalue weighted by Crippen LogP contribution is 1.87. The van der Waals surface area contributed by atoms with Crippen molar-refractivity contribution in [3.8, 4) is 0 Å². The van der Waals surface area contributed by atoms with Crippen molar-refractivity contribution in [1.82, 2.24) is 15.1 Å². The molecular weight excluding hydrogens is 166 g/mol. The van der Waals surface area contributed by atoms with Gasteiger partial charge in [-0.15, -0.1) is 0 Å². The molecule has 0 fully saturated rings. The van der Waals surface area contributed by atoms with E-state index in [9.17, 15) is 4.79 Å². The summed E-state index contributed by atoms with van der Waals surface area (Å²) in [5.41, 5.74) is 0. The van der Waals surface area contributed by atoms with Crippen molar-refractivity contribution in [2.45, 2.75) is 6.42 Å². The molecular formula is C9H21N3O.